The van der Waals surface area contributed by atoms with Crippen LogP contribution < -0.4 is 0 Å². The van der Waals surface area contributed by atoms with Crippen LogP contribution in [0.2, 0.25) is 0 Å². The lowest BCUT2D eigenvalue weighted by Crippen LogP contribution is -2.05. The number of non-ortho nitro benzene ring substituents is 1. The number of halogens is 2. The fraction of sp³-hybridized carbons (Fsp3) is 0.125. The maximum Gasteiger partial charge on any atom is 0.349 e. The number of carbonyl (C=O) groups excluding carboxylic acids is 1. The Hall–Kier alpha value is -2.44. The maximum absolute atomic E-state index is 11.6. The van der Waals surface area contributed by atoms with Crippen molar-refractivity contribution in [1.82, 2.24) is 0 Å². The largest absolute Gasteiger partial charge is 0.462 e. The van der Waals surface area contributed by atoms with E-state index in [1.165, 1.54) is 18.2 Å². The van der Waals surface area contributed by atoms with Gasteiger partial charge < -0.3 is 9.15 Å². The molecule has 0 atom stereocenters. The number of nitriles is 1. The number of nitro groups is 1. The summed E-state index contributed by atoms with van der Waals surface area (Å²) < 4.78 is 11.3. The van der Waals surface area contributed by atoms with Gasteiger partial charge in [-0.05, 0) is 50.9 Å². The van der Waals surface area contributed by atoms with Gasteiger partial charge in [0, 0.05) is 32.7 Å². The van der Waals surface area contributed by atoms with E-state index in [4.69, 9.17) is 14.4 Å². The second kappa shape index (κ2) is 8.09. The van der Waals surface area contributed by atoms with Crippen LogP contribution in [0, 0.1) is 21.4 Å². The molecule has 0 N–H and O–H groups in total. The third-order valence-corrected chi connectivity index (χ3v) is 4.26. The molecular weight excluding hydrogens is 460 g/mol. The summed E-state index contributed by atoms with van der Waals surface area (Å²) in [6.07, 6.45) is 1.27. The Balaban J connectivity index is 2.41. The molecule has 0 aliphatic carbocycles. The zero-order valence-corrected chi connectivity index (χ0v) is 16.0. The summed E-state index contributed by atoms with van der Waals surface area (Å²) in [7, 11) is 0. The first-order valence-electron chi connectivity index (χ1n) is 6.90. The molecule has 0 bridgehead atoms. The molecular formula is C16H10Br2N2O5. The van der Waals surface area contributed by atoms with E-state index < -0.39 is 10.9 Å². The Morgan fingerprint density at radius 1 is 1.40 bits per heavy atom. The van der Waals surface area contributed by atoms with Crippen LogP contribution in [0.4, 0.5) is 5.69 Å². The Labute approximate surface area is 159 Å². The first-order valence-corrected chi connectivity index (χ1v) is 8.48. The van der Waals surface area contributed by atoms with Gasteiger partial charge in [-0.3, -0.25) is 10.1 Å². The van der Waals surface area contributed by atoms with Crippen molar-refractivity contribution in [1.29, 1.82) is 5.26 Å². The summed E-state index contributed by atoms with van der Waals surface area (Å²) >= 11 is 6.57. The molecule has 0 saturated carbocycles. The van der Waals surface area contributed by atoms with Crippen molar-refractivity contribution in [2.45, 2.75) is 6.92 Å². The van der Waals surface area contributed by atoms with Crippen LogP contribution in [0.3, 0.4) is 0 Å². The standard InChI is InChI=1S/C16H10Br2N2O5/c1-2-24-16(21)9(8-19)5-11-3-4-14(25-11)15-12(17)6-10(20(22)23)7-13(15)18/h3-7H,2H2,1H3/b9-5-. The van der Waals surface area contributed by atoms with Crippen molar-refractivity contribution in [3.63, 3.8) is 0 Å². The Kier molecular flexibility index (Phi) is 6.12. The SMILES string of the molecule is CCOC(=O)/C(C#N)=C\c1ccc(-c2c(Br)cc([N+](=O)[O-])cc2Br)o1. The van der Waals surface area contributed by atoms with Crippen molar-refractivity contribution < 1.29 is 18.9 Å². The van der Waals surface area contributed by atoms with Gasteiger partial charge in [-0.15, -0.1) is 0 Å². The predicted molar refractivity (Wildman–Crippen MR) is 96.4 cm³/mol. The van der Waals surface area contributed by atoms with Crippen LogP contribution in [0.15, 0.2) is 43.2 Å². The molecule has 0 aliphatic heterocycles. The lowest BCUT2D eigenvalue weighted by molar-refractivity contribution is -0.385. The van der Waals surface area contributed by atoms with E-state index in [0.717, 1.165) is 0 Å². The van der Waals surface area contributed by atoms with E-state index in [0.29, 0.717) is 20.3 Å². The Bertz CT molecular complexity index is 888. The minimum Gasteiger partial charge on any atom is -0.462 e. The highest BCUT2D eigenvalue weighted by atomic mass is 79.9. The molecule has 9 heteroatoms. The Morgan fingerprint density at radius 3 is 2.56 bits per heavy atom. The van der Waals surface area contributed by atoms with Crippen molar-refractivity contribution in [2.75, 3.05) is 6.61 Å². The van der Waals surface area contributed by atoms with Crippen molar-refractivity contribution in [3.05, 3.63) is 54.7 Å². The van der Waals surface area contributed by atoms with Gasteiger partial charge in [-0.2, -0.15) is 5.26 Å². The van der Waals surface area contributed by atoms with Crippen molar-refractivity contribution in [3.8, 4) is 17.4 Å². The first-order chi connectivity index (χ1) is 11.9. The van der Waals surface area contributed by atoms with Crippen molar-refractivity contribution in [2.24, 2.45) is 0 Å². The quantitative estimate of drug-likeness (QED) is 0.203. The number of carbonyl (C=O) groups is 1. The maximum atomic E-state index is 11.6. The fourth-order valence-electron chi connectivity index (χ4n) is 1.95. The highest BCUT2D eigenvalue weighted by Gasteiger charge is 2.18. The zero-order valence-electron chi connectivity index (χ0n) is 12.8. The van der Waals surface area contributed by atoms with Gasteiger partial charge >= 0.3 is 5.97 Å². The molecule has 128 valence electrons. The molecule has 0 unspecified atom stereocenters. The summed E-state index contributed by atoms with van der Waals surface area (Å²) in [5.41, 5.74) is 0.299. The summed E-state index contributed by atoms with van der Waals surface area (Å²) in [4.78, 5) is 22.0. The van der Waals surface area contributed by atoms with Crippen LogP contribution in [-0.4, -0.2) is 17.5 Å². The summed E-state index contributed by atoms with van der Waals surface area (Å²) in [5, 5.41) is 19.9. The van der Waals surface area contributed by atoms with E-state index in [1.807, 2.05) is 0 Å². The molecule has 1 aromatic heterocycles. The molecule has 1 aromatic carbocycles. The topological polar surface area (TPSA) is 106 Å². The van der Waals surface area contributed by atoms with Crippen LogP contribution in [-0.2, 0) is 9.53 Å². The van der Waals surface area contributed by atoms with E-state index >= 15 is 0 Å². The summed E-state index contributed by atoms with van der Waals surface area (Å²) in [6, 6.07) is 7.68. The molecule has 0 saturated heterocycles. The number of hydrogen-bond acceptors (Lipinski definition) is 6. The van der Waals surface area contributed by atoms with Gasteiger partial charge in [-0.25, -0.2) is 4.79 Å². The van der Waals surface area contributed by atoms with Gasteiger partial charge in [-0.1, -0.05) is 0 Å². The van der Waals surface area contributed by atoms with Crippen LogP contribution in [0.1, 0.15) is 12.7 Å². The molecule has 2 aromatic rings. The Morgan fingerprint density at radius 2 is 2.04 bits per heavy atom. The van der Waals surface area contributed by atoms with Crippen molar-refractivity contribution >= 4 is 49.6 Å². The zero-order chi connectivity index (χ0) is 18.6. The van der Waals surface area contributed by atoms with E-state index in [2.05, 4.69) is 31.9 Å². The van der Waals surface area contributed by atoms with Gasteiger partial charge in [0.05, 0.1) is 11.5 Å². The minimum atomic E-state index is -0.736. The number of esters is 1. The van der Waals surface area contributed by atoms with Crippen LogP contribution >= 0.6 is 31.9 Å². The minimum absolute atomic E-state index is 0.0803. The molecule has 0 amide bonds. The number of nitro benzene ring substituents is 1. The summed E-state index contributed by atoms with van der Waals surface area (Å²) in [6.45, 7) is 1.80. The normalized spacial score (nSPS) is 11.0. The molecule has 0 radical (unpaired) electrons. The molecule has 1 heterocycles. The molecule has 0 aliphatic rings. The van der Waals surface area contributed by atoms with E-state index in [1.54, 1.807) is 25.1 Å². The summed E-state index contributed by atoms with van der Waals surface area (Å²) in [5.74, 6) is -0.0570. The fourth-order valence-corrected chi connectivity index (χ4v) is 3.51. The lowest BCUT2D eigenvalue weighted by Gasteiger charge is -2.04. The smallest absolute Gasteiger partial charge is 0.349 e. The van der Waals surface area contributed by atoms with Gasteiger partial charge in [0.1, 0.15) is 23.2 Å². The van der Waals surface area contributed by atoms with Crippen LogP contribution in [0.5, 0.6) is 0 Å². The monoisotopic (exact) mass is 468 g/mol. The number of nitrogens with zero attached hydrogens (tertiary/aromatic N) is 2. The number of hydrogen-bond donors (Lipinski definition) is 0. The second-order valence-electron chi connectivity index (χ2n) is 4.63. The second-order valence-corrected chi connectivity index (χ2v) is 6.34. The number of rotatable bonds is 5. The highest BCUT2D eigenvalue weighted by Crippen LogP contribution is 2.39. The molecule has 0 fully saturated rings. The van der Waals surface area contributed by atoms with Gasteiger partial charge in [0.25, 0.3) is 5.69 Å². The van der Waals surface area contributed by atoms with E-state index in [9.17, 15) is 14.9 Å². The average molecular weight is 470 g/mol. The average Bonchev–Trinajstić information content (AvgIpc) is 3.00. The van der Waals surface area contributed by atoms with Gasteiger partial charge in [0.2, 0.25) is 0 Å². The van der Waals surface area contributed by atoms with Crippen LogP contribution in [0.25, 0.3) is 17.4 Å². The third-order valence-electron chi connectivity index (χ3n) is 3.01. The third kappa shape index (κ3) is 4.35. The number of ether oxygens (including phenoxy) is 1. The molecule has 0 spiro atoms. The molecule has 2 rings (SSSR count). The number of furan rings is 1. The predicted octanol–water partition coefficient (Wildman–Crippen LogP) is 4.85. The highest BCUT2D eigenvalue weighted by molar-refractivity contribution is 9.11. The van der Waals surface area contributed by atoms with E-state index in [-0.39, 0.29) is 23.6 Å². The lowest BCUT2D eigenvalue weighted by atomic mass is 10.1. The first kappa shape index (κ1) is 18.9. The molecule has 7 nitrogen and oxygen atoms in total. The molecule has 25 heavy (non-hydrogen) atoms. The number of benzene rings is 1. The van der Waals surface area contributed by atoms with Gasteiger partial charge in [0.15, 0.2) is 0 Å².